The van der Waals surface area contributed by atoms with Crippen LogP contribution in [0, 0.1) is 0 Å². The summed E-state index contributed by atoms with van der Waals surface area (Å²) >= 11 is 1.31. The number of ether oxygens (including phenoxy) is 2. The van der Waals surface area contributed by atoms with Crippen LogP contribution in [0.3, 0.4) is 0 Å². The van der Waals surface area contributed by atoms with Crippen molar-refractivity contribution in [1.29, 1.82) is 0 Å². The third-order valence-corrected chi connectivity index (χ3v) is 3.01. The van der Waals surface area contributed by atoms with Crippen LogP contribution in [0.25, 0.3) is 0 Å². The number of esters is 2. The summed E-state index contributed by atoms with van der Waals surface area (Å²) < 4.78 is 9.02. The van der Waals surface area contributed by atoms with Crippen molar-refractivity contribution in [3.8, 4) is 0 Å². The zero-order chi connectivity index (χ0) is 11.8. The fourth-order valence-electron chi connectivity index (χ4n) is 0.708. The van der Waals surface area contributed by atoms with Gasteiger partial charge >= 0.3 is 11.9 Å². The van der Waals surface area contributed by atoms with Gasteiger partial charge in [-0.3, -0.25) is 0 Å². The van der Waals surface area contributed by atoms with Crippen LogP contribution in [-0.4, -0.2) is 31.4 Å². The molecule has 0 bridgehead atoms. The molecule has 0 radical (unpaired) electrons. The van der Waals surface area contributed by atoms with Crippen molar-refractivity contribution in [2.75, 3.05) is 14.2 Å². The third-order valence-electron chi connectivity index (χ3n) is 1.74. The summed E-state index contributed by atoms with van der Waals surface area (Å²) in [6.07, 6.45) is 2.06. The van der Waals surface area contributed by atoms with E-state index >= 15 is 0 Å². The van der Waals surface area contributed by atoms with Crippen LogP contribution < -0.4 is 0 Å². The summed E-state index contributed by atoms with van der Waals surface area (Å²) in [7, 11) is 2.55. The molecule has 0 N–H and O–H groups in total. The van der Waals surface area contributed by atoms with Crippen LogP contribution >= 0.6 is 11.8 Å². The Morgan fingerprint density at radius 1 is 1.33 bits per heavy atom. The maximum Gasteiger partial charge on any atom is 0.344 e. The van der Waals surface area contributed by atoms with Gasteiger partial charge in [0.15, 0.2) is 0 Å². The number of carbonyl (C=O) groups is 2. The van der Waals surface area contributed by atoms with Crippen LogP contribution in [-0.2, 0) is 19.1 Å². The Morgan fingerprint density at radius 3 is 2.33 bits per heavy atom. The lowest BCUT2D eigenvalue weighted by molar-refractivity contribution is -0.137. The van der Waals surface area contributed by atoms with Gasteiger partial charge in [-0.15, -0.1) is 11.8 Å². The Balaban J connectivity index is 4.65. The molecule has 0 aromatic carbocycles. The zero-order valence-electron chi connectivity index (χ0n) is 9.40. The maximum absolute atomic E-state index is 11.3. The largest absolute Gasteiger partial charge is 0.466 e. The Bertz CT molecular complexity index is 260. The summed E-state index contributed by atoms with van der Waals surface area (Å²) in [4.78, 5) is 22.6. The van der Waals surface area contributed by atoms with E-state index in [2.05, 4.69) is 9.47 Å². The normalized spacial score (nSPS) is 13.2. The van der Waals surface area contributed by atoms with Crippen molar-refractivity contribution in [2.45, 2.75) is 25.5 Å². The molecule has 0 heterocycles. The van der Waals surface area contributed by atoms with E-state index in [1.807, 2.05) is 13.8 Å². The van der Waals surface area contributed by atoms with Gasteiger partial charge in [0.05, 0.1) is 14.2 Å². The lowest BCUT2D eigenvalue weighted by Gasteiger charge is -2.09. The molecule has 86 valence electrons. The van der Waals surface area contributed by atoms with Gasteiger partial charge in [-0.05, 0) is 6.42 Å². The van der Waals surface area contributed by atoms with Gasteiger partial charge in [0, 0.05) is 11.3 Å². The number of carbonyl (C=O) groups excluding carboxylic acids is 2. The second kappa shape index (κ2) is 7.34. The Labute approximate surface area is 94.0 Å². The van der Waals surface area contributed by atoms with E-state index in [0.29, 0.717) is 0 Å². The summed E-state index contributed by atoms with van der Waals surface area (Å²) in [5, 5.41) is 0.250. The monoisotopic (exact) mass is 232 g/mol. The van der Waals surface area contributed by atoms with E-state index < -0.39 is 11.9 Å². The topological polar surface area (TPSA) is 52.6 Å². The molecule has 0 aliphatic carbocycles. The van der Waals surface area contributed by atoms with E-state index in [-0.39, 0.29) is 10.2 Å². The van der Waals surface area contributed by atoms with E-state index in [1.165, 1.54) is 26.0 Å². The highest BCUT2D eigenvalue weighted by Gasteiger charge is 2.15. The molecule has 0 saturated heterocycles. The van der Waals surface area contributed by atoms with E-state index in [4.69, 9.17) is 0 Å². The molecule has 0 rings (SSSR count). The lowest BCUT2D eigenvalue weighted by atomic mass is 10.4. The Morgan fingerprint density at radius 2 is 1.93 bits per heavy atom. The highest BCUT2D eigenvalue weighted by atomic mass is 32.2. The number of hydrogen-bond donors (Lipinski definition) is 0. The van der Waals surface area contributed by atoms with E-state index in [9.17, 15) is 9.59 Å². The molecule has 1 unspecified atom stereocenters. The van der Waals surface area contributed by atoms with Crippen LogP contribution in [0.4, 0.5) is 0 Å². The average molecular weight is 232 g/mol. The summed E-state index contributed by atoms with van der Waals surface area (Å²) in [6.45, 7) is 3.98. The minimum Gasteiger partial charge on any atom is -0.466 e. The number of thioether (sulfide) groups is 1. The number of rotatable bonds is 5. The minimum atomic E-state index is -0.550. The predicted octanol–water partition coefficient (Wildman–Crippen LogP) is 1.75. The molecule has 0 aromatic heterocycles. The second-order valence-electron chi connectivity index (χ2n) is 2.86. The molecule has 5 heteroatoms. The molecular formula is C10H16O4S. The van der Waals surface area contributed by atoms with Crippen molar-refractivity contribution in [1.82, 2.24) is 0 Å². The summed E-state index contributed by atoms with van der Waals surface area (Å²) in [5.41, 5.74) is 0. The van der Waals surface area contributed by atoms with Crippen molar-refractivity contribution in [3.63, 3.8) is 0 Å². The van der Waals surface area contributed by atoms with Gasteiger partial charge in [-0.25, -0.2) is 9.59 Å². The molecule has 0 aliphatic rings. The van der Waals surface area contributed by atoms with Gasteiger partial charge in [0.25, 0.3) is 0 Å². The van der Waals surface area contributed by atoms with Crippen LogP contribution in [0.5, 0.6) is 0 Å². The van der Waals surface area contributed by atoms with E-state index in [0.717, 1.165) is 12.5 Å². The molecule has 0 amide bonds. The Kier molecular flexibility index (Phi) is 6.86. The lowest BCUT2D eigenvalue weighted by Crippen LogP contribution is -2.08. The smallest absolute Gasteiger partial charge is 0.344 e. The average Bonchev–Trinajstić information content (AvgIpc) is 2.26. The SMILES string of the molecule is CCC(C)S/C(=C/C(=O)OC)C(=O)OC. The fourth-order valence-corrected chi connectivity index (χ4v) is 1.65. The highest BCUT2D eigenvalue weighted by molar-refractivity contribution is 8.04. The Hall–Kier alpha value is -0.970. The summed E-state index contributed by atoms with van der Waals surface area (Å²) in [5.74, 6) is -1.06. The van der Waals surface area contributed by atoms with Gasteiger partial charge < -0.3 is 9.47 Å². The molecule has 0 spiro atoms. The van der Waals surface area contributed by atoms with E-state index in [1.54, 1.807) is 0 Å². The predicted molar refractivity (Wildman–Crippen MR) is 59.5 cm³/mol. The van der Waals surface area contributed by atoms with Crippen molar-refractivity contribution >= 4 is 23.7 Å². The minimum absolute atomic E-state index is 0.250. The molecule has 15 heavy (non-hydrogen) atoms. The second-order valence-corrected chi connectivity index (χ2v) is 4.34. The highest BCUT2D eigenvalue weighted by Crippen LogP contribution is 2.24. The van der Waals surface area contributed by atoms with Gasteiger partial charge in [0.1, 0.15) is 4.91 Å². The zero-order valence-corrected chi connectivity index (χ0v) is 10.2. The molecule has 4 nitrogen and oxygen atoms in total. The van der Waals surface area contributed by atoms with Crippen LogP contribution in [0.15, 0.2) is 11.0 Å². The van der Waals surface area contributed by atoms with Crippen molar-refractivity contribution in [2.24, 2.45) is 0 Å². The number of methoxy groups -OCH3 is 2. The van der Waals surface area contributed by atoms with Gasteiger partial charge in [-0.1, -0.05) is 13.8 Å². The first-order chi connectivity index (χ1) is 7.04. The molecule has 0 aromatic rings. The number of hydrogen-bond acceptors (Lipinski definition) is 5. The standard InChI is InChI=1S/C10H16O4S/c1-5-7(2)15-8(10(12)14-4)6-9(11)13-3/h6-7H,5H2,1-4H3/b8-6+. The quantitative estimate of drug-likeness (QED) is 0.534. The first kappa shape index (κ1) is 14.0. The van der Waals surface area contributed by atoms with Gasteiger partial charge in [-0.2, -0.15) is 0 Å². The molecule has 0 aliphatic heterocycles. The first-order valence-corrected chi connectivity index (χ1v) is 5.47. The molecule has 1 atom stereocenters. The van der Waals surface area contributed by atoms with Gasteiger partial charge in [0.2, 0.25) is 0 Å². The maximum atomic E-state index is 11.3. The molecule has 0 fully saturated rings. The van der Waals surface area contributed by atoms with Crippen LogP contribution in [0.2, 0.25) is 0 Å². The van der Waals surface area contributed by atoms with Crippen molar-refractivity contribution < 1.29 is 19.1 Å². The molecule has 0 saturated carbocycles. The fraction of sp³-hybridized carbons (Fsp3) is 0.600. The van der Waals surface area contributed by atoms with Crippen LogP contribution in [0.1, 0.15) is 20.3 Å². The third kappa shape index (κ3) is 5.47. The van der Waals surface area contributed by atoms with Crippen molar-refractivity contribution in [3.05, 3.63) is 11.0 Å². The molecular weight excluding hydrogens is 216 g/mol. The first-order valence-electron chi connectivity index (χ1n) is 4.59. The summed E-state index contributed by atoms with van der Waals surface area (Å²) in [6, 6.07) is 0.